The van der Waals surface area contributed by atoms with Gasteiger partial charge in [-0.25, -0.2) is 0 Å². The van der Waals surface area contributed by atoms with E-state index >= 15 is 0 Å². The molecule has 0 spiro atoms. The van der Waals surface area contributed by atoms with Gasteiger partial charge in [0.1, 0.15) is 12.4 Å². The third-order valence-corrected chi connectivity index (χ3v) is 3.02. The van der Waals surface area contributed by atoms with Crippen LogP contribution in [0.15, 0.2) is 24.3 Å². The normalized spacial score (nSPS) is 13.6. The van der Waals surface area contributed by atoms with E-state index in [2.05, 4.69) is 19.2 Å². The van der Waals surface area contributed by atoms with Gasteiger partial charge in [0.25, 0.3) is 0 Å². The number of alkyl halides is 3. The lowest BCUT2D eigenvalue weighted by molar-refractivity contribution is -0.138. The Morgan fingerprint density at radius 2 is 1.79 bits per heavy atom. The molecule has 0 bridgehead atoms. The fourth-order valence-corrected chi connectivity index (χ4v) is 1.51. The molecule has 0 aliphatic rings. The number of benzene rings is 1. The summed E-state index contributed by atoms with van der Waals surface area (Å²) in [6, 6.07) is 5.57. The van der Waals surface area contributed by atoms with Gasteiger partial charge in [-0.3, -0.25) is 0 Å². The lowest BCUT2D eigenvalue weighted by Gasteiger charge is -2.18. The quantitative estimate of drug-likeness (QED) is 0.799. The highest BCUT2D eigenvalue weighted by atomic mass is 19.4. The highest BCUT2D eigenvalue weighted by Crippen LogP contribution is 2.35. The first kappa shape index (κ1) is 15.8. The van der Waals surface area contributed by atoms with Gasteiger partial charge in [-0.15, -0.1) is 0 Å². The Balaban J connectivity index is 2.50. The molecule has 5 heteroatoms. The molecule has 108 valence electrons. The third-order valence-electron chi connectivity index (χ3n) is 3.02. The molecule has 1 aromatic rings. The molecule has 1 aromatic carbocycles. The van der Waals surface area contributed by atoms with Crippen molar-refractivity contribution in [2.24, 2.45) is 5.92 Å². The molecule has 1 unspecified atom stereocenters. The standard InChI is InChI=1S/C14H20F3NO/c1-10(2)11(3)18-8-9-19-13-7-5-4-6-12(13)14(15,16)17/h4-7,10-11,18H,8-9H2,1-3H3. The summed E-state index contributed by atoms with van der Waals surface area (Å²) < 4.78 is 43.3. The fraction of sp³-hybridized carbons (Fsp3) is 0.571. The van der Waals surface area contributed by atoms with Gasteiger partial charge in [0.15, 0.2) is 0 Å². The maximum atomic E-state index is 12.7. The van der Waals surface area contributed by atoms with Crippen LogP contribution in [-0.2, 0) is 6.18 Å². The zero-order chi connectivity index (χ0) is 14.5. The van der Waals surface area contributed by atoms with E-state index < -0.39 is 11.7 Å². The molecule has 1 N–H and O–H groups in total. The van der Waals surface area contributed by atoms with Crippen LogP contribution in [0.3, 0.4) is 0 Å². The van der Waals surface area contributed by atoms with Crippen molar-refractivity contribution in [1.29, 1.82) is 0 Å². The molecular formula is C14H20F3NO. The van der Waals surface area contributed by atoms with E-state index in [9.17, 15) is 13.2 Å². The number of rotatable bonds is 6. The summed E-state index contributed by atoms with van der Waals surface area (Å²) >= 11 is 0. The molecule has 0 radical (unpaired) electrons. The predicted octanol–water partition coefficient (Wildman–Crippen LogP) is 3.72. The van der Waals surface area contributed by atoms with Crippen LogP contribution >= 0.6 is 0 Å². The predicted molar refractivity (Wildman–Crippen MR) is 69.2 cm³/mol. The third kappa shape index (κ3) is 5.11. The average Bonchev–Trinajstić information content (AvgIpc) is 2.33. The second-order valence-corrected chi connectivity index (χ2v) is 4.83. The Hall–Kier alpha value is -1.23. The summed E-state index contributed by atoms with van der Waals surface area (Å²) in [4.78, 5) is 0. The molecule has 0 aliphatic carbocycles. The molecule has 0 fully saturated rings. The van der Waals surface area contributed by atoms with Gasteiger partial charge < -0.3 is 10.1 Å². The van der Waals surface area contributed by atoms with Crippen molar-refractivity contribution in [2.45, 2.75) is 33.0 Å². The second-order valence-electron chi connectivity index (χ2n) is 4.83. The van der Waals surface area contributed by atoms with Crippen molar-refractivity contribution in [3.8, 4) is 5.75 Å². The lowest BCUT2D eigenvalue weighted by Crippen LogP contribution is -2.34. The van der Waals surface area contributed by atoms with Crippen molar-refractivity contribution >= 4 is 0 Å². The van der Waals surface area contributed by atoms with Gasteiger partial charge in [-0.2, -0.15) is 13.2 Å². The Bertz CT molecular complexity index is 391. The maximum Gasteiger partial charge on any atom is 0.419 e. The van der Waals surface area contributed by atoms with Crippen LogP contribution in [0.1, 0.15) is 26.3 Å². The maximum absolute atomic E-state index is 12.7. The summed E-state index contributed by atoms with van der Waals surface area (Å²) in [7, 11) is 0. The largest absolute Gasteiger partial charge is 0.492 e. The van der Waals surface area contributed by atoms with Gasteiger partial charge >= 0.3 is 6.18 Å². The number of nitrogens with one attached hydrogen (secondary N) is 1. The number of hydrogen-bond donors (Lipinski definition) is 1. The zero-order valence-corrected chi connectivity index (χ0v) is 11.4. The smallest absolute Gasteiger partial charge is 0.419 e. The molecule has 19 heavy (non-hydrogen) atoms. The average molecular weight is 275 g/mol. The van der Waals surface area contributed by atoms with Crippen molar-refractivity contribution in [1.82, 2.24) is 5.32 Å². The van der Waals surface area contributed by atoms with Gasteiger partial charge in [0.05, 0.1) is 5.56 Å². The van der Waals surface area contributed by atoms with Crippen LogP contribution in [0.5, 0.6) is 5.75 Å². The van der Waals surface area contributed by atoms with Crippen LogP contribution in [0.25, 0.3) is 0 Å². The minimum absolute atomic E-state index is 0.117. The van der Waals surface area contributed by atoms with E-state index in [1.54, 1.807) is 0 Å². The topological polar surface area (TPSA) is 21.3 Å². The van der Waals surface area contributed by atoms with Crippen LogP contribution in [0.2, 0.25) is 0 Å². The fourth-order valence-electron chi connectivity index (χ4n) is 1.51. The van der Waals surface area contributed by atoms with E-state index in [1.807, 2.05) is 6.92 Å². The highest BCUT2D eigenvalue weighted by Gasteiger charge is 2.33. The van der Waals surface area contributed by atoms with Crippen LogP contribution in [-0.4, -0.2) is 19.2 Å². The van der Waals surface area contributed by atoms with Crippen LogP contribution in [0.4, 0.5) is 13.2 Å². The molecule has 0 saturated carbocycles. The van der Waals surface area contributed by atoms with Crippen molar-refractivity contribution in [2.75, 3.05) is 13.2 Å². The number of ether oxygens (including phenoxy) is 1. The number of halogens is 3. The minimum atomic E-state index is -4.38. The van der Waals surface area contributed by atoms with Gasteiger partial charge in [-0.1, -0.05) is 26.0 Å². The van der Waals surface area contributed by atoms with Gasteiger partial charge in [-0.05, 0) is 25.0 Å². The summed E-state index contributed by atoms with van der Waals surface area (Å²) in [6.07, 6.45) is -4.38. The first-order valence-electron chi connectivity index (χ1n) is 6.34. The van der Waals surface area contributed by atoms with E-state index in [-0.39, 0.29) is 12.4 Å². The van der Waals surface area contributed by atoms with Gasteiger partial charge in [0, 0.05) is 12.6 Å². The molecule has 0 aromatic heterocycles. The Morgan fingerprint density at radius 3 is 2.37 bits per heavy atom. The lowest BCUT2D eigenvalue weighted by atomic mass is 10.1. The van der Waals surface area contributed by atoms with E-state index in [4.69, 9.17) is 4.74 Å². The Labute approximate surface area is 112 Å². The van der Waals surface area contributed by atoms with Crippen molar-refractivity contribution < 1.29 is 17.9 Å². The second kappa shape index (κ2) is 6.80. The first-order chi connectivity index (χ1) is 8.82. The first-order valence-corrected chi connectivity index (χ1v) is 6.34. The molecule has 1 rings (SSSR count). The van der Waals surface area contributed by atoms with Crippen LogP contribution in [0, 0.1) is 5.92 Å². The molecule has 0 heterocycles. The summed E-state index contributed by atoms with van der Waals surface area (Å²) in [5.74, 6) is 0.358. The summed E-state index contributed by atoms with van der Waals surface area (Å²) in [5.41, 5.74) is -0.730. The number of para-hydroxylation sites is 1. The van der Waals surface area contributed by atoms with E-state index in [0.717, 1.165) is 6.07 Å². The molecule has 0 aliphatic heterocycles. The Morgan fingerprint density at radius 1 is 1.16 bits per heavy atom. The van der Waals surface area contributed by atoms with Gasteiger partial charge in [0.2, 0.25) is 0 Å². The van der Waals surface area contributed by atoms with E-state index in [1.165, 1.54) is 18.2 Å². The van der Waals surface area contributed by atoms with Crippen molar-refractivity contribution in [3.05, 3.63) is 29.8 Å². The zero-order valence-electron chi connectivity index (χ0n) is 11.4. The molecule has 1 atom stereocenters. The molecule has 0 amide bonds. The summed E-state index contributed by atoms with van der Waals surface area (Å²) in [5, 5.41) is 3.20. The summed E-state index contributed by atoms with van der Waals surface area (Å²) in [6.45, 7) is 6.93. The van der Waals surface area contributed by atoms with Crippen molar-refractivity contribution in [3.63, 3.8) is 0 Å². The Kier molecular flexibility index (Phi) is 5.66. The highest BCUT2D eigenvalue weighted by molar-refractivity contribution is 5.35. The van der Waals surface area contributed by atoms with Crippen LogP contribution < -0.4 is 10.1 Å². The molecule has 0 saturated heterocycles. The SMILES string of the molecule is CC(C)C(C)NCCOc1ccccc1C(F)(F)F. The molecule has 2 nitrogen and oxygen atoms in total. The number of hydrogen-bond acceptors (Lipinski definition) is 2. The molecular weight excluding hydrogens is 255 g/mol. The van der Waals surface area contributed by atoms with E-state index in [0.29, 0.717) is 18.5 Å². The minimum Gasteiger partial charge on any atom is -0.492 e. The monoisotopic (exact) mass is 275 g/mol.